The first-order valence-corrected chi connectivity index (χ1v) is 8.40. The maximum Gasteiger partial charge on any atom is 0.288 e. The summed E-state index contributed by atoms with van der Waals surface area (Å²) in [4.78, 5) is 9.40. The van der Waals surface area contributed by atoms with Gasteiger partial charge in [-0.1, -0.05) is 29.5 Å². The van der Waals surface area contributed by atoms with Crippen LogP contribution in [0.3, 0.4) is 0 Å². The first kappa shape index (κ1) is 16.8. The lowest BCUT2D eigenvalue weighted by Crippen LogP contribution is -3.00. The molecule has 0 atom stereocenters. The summed E-state index contributed by atoms with van der Waals surface area (Å²) in [6.45, 7) is 4.14. The Labute approximate surface area is 155 Å². The molecule has 0 amide bonds. The second kappa shape index (κ2) is 6.84. The van der Waals surface area contributed by atoms with E-state index in [4.69, 9.17) is 4.98 Å². The number of nitrogens with two attached hydrogens (primary N) is 1. The SMILES string of the molecule is Cc1cccc([NH2+]c2nc(-c3c(C)nc4ccccn34)cs2)c1.[Br-]. The van der Waals surface area contributed by atoms with Gasteiger partial charge < -0.3 is 17.0 Å². The number of thiazole rings is 1. The molecule has 0 unspecified atom stereocenters. The number of nitrogens with zero attached hydrogens (tertiary/aromatic N) is 3. The number of aryl methyl sites for hydroxylation is 2. The van der Waals surface area contributed by atoms with Crippen molar-refractivity contribution in [3.63, 3.8) is 0 Å². The van der Waals surface area contributed by atoms with Crippen molar-refractivity contribution in [2.24, 2.45) is 0 Å². The Balaban J connectivity index is 0.00000169. The van der Waals surface area contributed by atoms with Gasteiger partial charge >= 0.3 is 0 Å². The number of aromatic nitrogens is 3. The van der Waals surface area contributed by atoms with E-state index in [9.17, 15) is 0 Å². The van der Waals surface area contributed by atoms with Crippen molar-refractivity contribution in [1.82, 2.24) is 14.4 Å². The highest BCUT2D eigenvalue weighted by molar-refractivity contribution is 7.13. The molecule has 6 heteroatoms. The Hall–Kier alpha value is -2.02. The van der Waals surface area contributed by atoms with Crippen molar-refractivity contribution in [2.45, 2.75) is 13.8 Å². The molecule has 0 spiro atoms. The standard InChI is InChI=1S/C18H16N4S.BrH/c1-12-6-5-7-14(10-12)20-18-21-15(11-23-18)17-13(2)19-16-8-3-4-9-22(16)17;/h3-11H,1-2H3,(H,20,21);1H. The largest absolute Gasteiger partial charge is 1.00 e. The molecule has 0 aliphatic carbocycles. The average Bonchev–Trinajstić information content (AvgIpc) is 3.10. The van der Waals surface area contributed by atoms with Crippen molar-refractivity contribution >= 4 is 27.8 Å². The molecule has 0 bridgehead atoms. The number of benzene rings is 1. The predicted molar refractivity (Wildman–Crippen MR) is 93.5 cm³/mol. The zero-order chi connectivity index (χ0) is 15.8. The second-order valence-electron chi connectivity index (χ2n) is 5.60. The monoisotopic (exact) mass is 400 g/mol. The highest BCUT2D eigenvalue weighted by atomic mass is 79.9. The Bertz CT molecular complexity index is 990. The van der Waals surface area contributed by atoms with E-state index in [1.165, 1.54) is 11.3 Å². The number of rotatable bonds is 3. The summed E-state index contributed by atoms with van der Waals surface area (Å²) in [5, 5.41) is 5.24. The van der Waals surface area contributed by atoms with E-state index in [-0.39, 0.29) is 17.0 Å². The number of imidazole rings is 1. The number of quaternary nitrogens is 1. The van der Waals surface area contributed by atoms with Gasteiger partial charge in [-0.05, 0) is 37.6 Å². The Kier molecular flexibility index (Phi) is 4.80. The van der Waals surface area contributed by atoms with Gasteiger partial charge in [-0.15, -0.1) is 0 Å². The zero-order valence-corrected chi connectivity index (χ0v) is 15.8. The molecule has 4 aromatic rings. The molecule has 2 N–H and O–H groups in total. The van der Waals surface area contributed by atoms with Crippen LogP contribution in [0, 0.1) is 13.8 Å². The third-order valence-corrected chi connectivity index (χ3v) is 4.59. The molecule has 0 radical (unpaired) electrons. The van der Waals surface area contributed by atoms with Gasteiger partial charge in [-0.25, -0.2) is 4.98 Å². The number of hydrogen-bond acceptors (Lipinski definition) is 3. The lowest BCUT2D eigenvalue weighted by Gasteiger charge is -1.99. The van der Waals surface area contributed by atoms with Gasteiger partial charge in [-0.3, -0.25) is 9.72 Å². The molecule has 4 nitrogen and oxygen atoms in total. The number of pyridine rings is 1. The minimum atomic E-state index is 0. The molecule has 0 aliphatic rings. The second-order valence-corrected chi connectivity index (χ2v) is 6.49. The van der Waals surface area contributed by atoms with Crippen molar-refractivity contribution in [1.29, 1.82) is 0 Å². The van der Waals surface area contributed by atoms with Crippen LogP contribution in [0.15, 0.2) is 54.0 Å². The molecule has 1 aromatic carbocycles. The van der Waals surface area contributed by atoms with Crippen LogP contribution in [0.5, 0.6) is 0 Å². The van der Waals surface area contributed by atoms with Crippen LogP contribution in [-0.4, -0.2) is 14.4 Å². The van der Waals surface area contributed by atoms with E-state index in [0.29, 0.717) is 0 Å². The number of fused-ring (bicyclic) bond motifs is 1. The summed E-state index contributed by atoms with van der Waals surface area (Å²) < 4.78 is 2.10. The lowest BCUT2D eigenvalue weighted by molar-refractivity contribution is -0.478. The van der Waals surface area contributed by atoms with E-state index < -0.39 is 0 Å². The van der Waals surface area contributed by atoms with Crippen molar-refractivity contribution in [2.75, 3.05) is 0 Å². The van der Waals surface area contributed by atoms with E-state index in [1.54, 1.807) is 11.3 Å². The third-order valence-electron chi connectivity index (χ3n) is 3.80. The van der Waals surface area contributed by atoms with Gasteiger partial charge in [0.1, 0.15) is 17.0 Å². The normalized spacial score (nSPS) is 10.8. The quantitative estimate of drug-likeness (QED) is 0.512. The van der Waals surface area contributed by atoms with Gasteiger partial charge in [0, 0.05) is 17.6 Å². The first-order chi connectivity index (χ1) is 11.2. The number of hydrogen-bond donors (Lipinski definition) is 1. The van der Waals surface area contributed by atoms with Crippen molar-refractivity contribution in [3.8, 4) is 11.4 Å². The summed E-state index contributed by atoms with van der Waals surface area (Å²) in [5.74, 6) is 0. The van der Waals surface area contributed by atoms with Gasteiger partial charge in [0.25, 0.3) is 5.13 Å². The minimum absolute atomic E-state index is 0. The van der Waals surface area contributed by atoms with Gasteiger partial charge in [-0.2, -0.15) is 4.98 Å². The van der Waals surface area contributed by atoms with Gasteiger partial charge in [0.05, 0.1) is 11.4 Å². The fraction of sp³-hybridized carbons (Fsp3) is 0.111. The molecule has 0 fully saturated rings. The molecule has 122 valence electrons. The topological polar surface area (TPSA) is 46.8 Å². The smallest absolute Gasteiger partial charge is 0.288 e. The summed E-state index contributed by atoms with van der Waals surface area (Å²) >= 11 is 1.66. The molecule has 24 heavy (non-hydrogen) atoms. The van der Waals surface area contributed by atoms with Gasteiger partial charge in [0.2, 0.25) is 0 Å². The Morgan fingerprint density at radius 2 is 1.92 bits per heavy atom. The molecule has 0 saturated carbocycles. The molecule has 0 saturated heterocycles. The van der Waals surface area contributed by atoms with Gasteiger partial charge in [0.15, 0.2) is 0 Å². The van der Waals surface area contributed by atoms with E-state index in [0.717, 1.165) is 27.9 Å². The molecular formula is C18H17BrN4S. The summed E-state index contributed by atoms with van der Waals surface area (Å²) in [7, 11) is 0. The third kappa shape index (κ3) is 3.13. The van der Waals surface area contributed by atoms with Crippen LogP contribution >= 0.6 is 11.3 Å². The predicted octanol–water partition coefficient (Wildman–Crippen LogP) is 0.605. The highest BCUT2D eigenvalue weighted by Gasteiger charge is 2.15. The van der Waals surface area contributed by atoms with E-state index >= 15 is 0 Å². The maximum absolute atomic E-state index is 4.79. The summed E-state index contributed by atoms with van der Waals surface area (Å²) in [6.07, 6.45) is 2.04. The highest BCUT2D eigenvalue weighted by Crippen LogP contribution is 2.27. The molecule has 0 aliphatic heterocycles. The molecule has 3 aromatic heterocycles. The summed E-state index contributed by atoms with van der Waals surface area (Å²) in [6, 6.07) is 14.5. The molecular weight excluding hydrogens is 384 g/mol. The number of halogens is 1. The zero-order valence-electron chi connectivity index (χ0n) is 13.4. The summed E-state index contributed by atoms with van der Waals surface area (Å²) in [5.41, 5.74) is 6.44. The van der Waals surface area contributed by atoms with Crippen LogP contribution in [0.1, 0.15) is 11.3 Å². The van der Waals surface area contributed by atoms with Crippen LogP contribution in [0.2, 0.25) is 0 Å². The van der Waals surface area contributed by atoms with Crippen molar-refractivity contribution < 1.29 is 22.3 Å². The average molecular weight is 401 g/mol. The van der Waals surface area contributed by atoms with Crippen LogP contribution in [-0.2, 0) is 0 Å². The van der Waals surface area contributed by atoms with Crippen LogP contribution in [0.25, 0.3) is 17.0 Å². The maximum atomic E-state index is 4.79. The molecule has 4 rings (SSSR count). The minimum Gasteiger partial charge on any atom is -1.00 e. The Morgan fingerprint density at radius 1 is 1.04 bits per heavy atom. The van der Waals surface area contributed by atoms with E-state index in [1.807, 2.05) is 31.3 Å². The molecule has 3 heterocycles. The van der Waals surface area contributed by atoms with E-state index in [2.05, 4.69) is 51.3 Å². The first-order valence-electron chi connectivity index (χ1n) is 7.52. The fourth-order valence-electron chi connectivity index (χ4n) is 2.79. The van der Waals surface area contributed by atoms with Crippen LogP contribution in [0.4, 0.5) is 10.8 Å². The fourth-order valence-corrected chi connectivity index (χ4v) is 3.54. The van der Waals surface area contributed by atoms with Crippen LogP contribution < -0.4 is 22.3 Å². The van der Waals surface area contributed by atoms with Crippen molar-refractivity contribution in [3.05, 3.63) is 65.3 Å². The Morgan fingerprint density at radius 3 is 2.75 bits per heavy atom. The lowest BCUT2D eigenvalue weighted by atomic mass is 10.2.